The summed E-state index contributed by atoms with van der Waals surface area (Å²) in [6.45, 7) is 0. The summed E-state index contributed by atoms with van der Waals surface area (Å²) in [5, 5.41) is 0. The molecule has 0 aromatic rings. The van der Waals surface area contributed by atoms with Crippen molar-refractivity contribution in [3.63, 3.8) is 0 Å². The maximum absolute atomic E-state index is 0. The van der Waals surface area contributed by atoms with Crippen molar-refractivity contribution >= 4 is 19.8 Å². The van der Waals surface area contributed by atoms with Crippen LogP contribution in [0, 0.1) is 0 Å². The van der Waals surface area contributed by atoms with Crippen molar-refractivity contribution in [2.24, 2.45) is 0 Å². The summed E-state index contributed by atoms with van der Waals surface area (Å²) in [6, 6.07) is 0. The van der Waals surface area contributed by atoms with Crippen LogP contribution in [-0.4, -0.2) is 0 Å². The van der Waals surface area contributed by atoms with Crippen molar-refractivity contribution in [2.45, 2.75) is 0 Å². The quantitative estimate of drug-likeness (QED) is 0.476. The van der Waals surface area contributed by atoms with Gasteiger partial charge in [-0.3, -0.25) is 0 Å². The zero-order chi connectivity index (χ0) is 0. The van der Waals surface area contributed by atoms with Gasteiger partial charge in [-0.25, -0.2) is 0 Å². The predicted octanol–water partition coefficient (Wildman–Crippen LogP) is 1.36. The van der Waals surface area contributed by atoms with E-state index in [1.807, 2.05) is 0 Å². The first kappa shape index (κ1) is 165. The van der Waals surface area contributed by atoms with E-state index in [0.717, 1.165) is 0 Å². The Labute approximate surface area is 107 Å². The fourth-order valence-corrected chi connectivity index (χ4v) is 0. The van der Waals surface area contributed by atoms with Crippen LogP contribution in [0.25, 0.3) is 0 Å². The molecule has 0 bridgehead atoms. The van der Waals surface area contributed by atoms with Crippen LogP contribution in [-0.2, 0) is 87.7 Å². The molecule has 0 aliphatic carbocycles. The van der Waals surface area contributed by atoms with Crippen LogP contribution >= 0.6 is 19.8 Å². The Kier molecular flexibility index (Phi) is 2280. The van der Waals surface area contributed by atoms with E-state index >= 15 is 0 Å². The Balaban J connectivity index is 0. The van der Waals surface area contributed by atoms with Gasteiger partial charge < -0.3 is 16.4 Å². The van der Waals surface area contributed by atoms with Crippen LogP contribution in [0.1, 0.15) is 0 Å². The van der Waals surface area contributed by atoms with Crippen LogP contribution in [0.3, 0.4) is 0 Å². The molecule has 10 radical (unpaired) electrons. The molecule has 0 heterocycles. The standard InChI is InChI=1S/2Fe.3O.2P.2V/q2*+3;3*-2;;;;. The van der Waals surface area contributed by atoms with Gasteiger partial charge in [-0.2, -0.15) is 0 Å². The van der Waals surface area contributed by atoms with Crippen molar-refractivity contribution in [1.82, 2.24) is 0 Å². The van der Waals surface area contributed by atoms with Crippen molar-refractivity contribution in [3.8, 4) is 0 Å². The van der Waals surface area contributed by atoms with Gasteiger partial charge in [0.1, 0.15) is 0 Å². The third kappa shape index (κ3) is 101. The predicted molar refractivity (Wildman–Crippen MR) is 15.9 cm³/mol. The Hall–Kier alpha value is 2.95. The third-order valence-electron chi connectivity index (χ3n) is 0. The Morgan fingerprint density at radius 2 is 0.444 bits per heavy atom. The van der Waals surface area contributed by atoms with Crippen LogP contribution in [0.2, 0.25) is 0 Å². The topological polar surface area (TPSA) is 85.5 Å². The molecule has 0 aliphatic rings. The minimum Gasteiger partial charge on any atom is -2.00 e. The molecule has 0 fully saturated rings. The summed E-state index contributed by atoms with van der Waals surface area (Å²) in [7, 11) is 0. The summed E-state index contributed by atoms with van der Waals surface area (Å²) in [4.78, 5) is 0. The van der Waals surface area contributed by atoms with E-state index < -0.39 is 0 Å². The van der Waals surface area contributed by atoms with Gasteiger partial charge in [-0.15, -0.1) is 0 Å². The molecule has 9 heavy (non-hydrogen) atoms. The van der Waals surface area contributed by atoms with Gasteiger partial charge >= 0.3 is 34.1 Å². The van der Waals surface area contributed by atoms with Gasteiger partial charge in [0.05, 0.1) is 0 Å². The minimum absolute atomic E-state index is 0. The molecule has 0 saturated heterocycles. The van der Waals surface area contributed by atoms with Crippen molar-refractivity contribution in [3.05, 3.63) is 0 Å². The molecule has 0 rings (SSSR count). The maximum Gasteiger partial charge on any atom is 3.00 e. The van der Waals surface area contributed by atoms with Crippen LogP contribution in [0.5, 0.6) is 0 Å². The second kappa shape index (κ2) is 125. The zero-order valence-corrected chi connectivity index (χ0v) is 10.5. The fraction of sp³-hybridized carbons (Fsp3) is 0. The van der Waals surface area contributed by atoms with Crippen molar-refractivity contribution in [1.29, 1.82) is 0 Å². The van der Waals surface area contributed by atoms with E-state index in [-0.39, 0.29) is 107 Å². The molecule has 9 heteroatoms. The number of hydrogen-bond acceptors (Lipinski definition) is 0. The first-order valence-electron chi connectivity index (χ1n) is 0. The van der Waals surface area contributed by atoms with E-state index in [9.17, 15) is 0 Å². The second-order valence-electron chi connectivity index (χ2n) is 0. The molecule has 0 N–H and O–H groups in total. The smallest absolute Gasteiger partial charge is 2.00 e. The van der Waals surface area contributed by atoms with Gasteiger partial charge in [-0.05, 0) is 0 Å². The Morgan fingerprint density at radius 1 is 0.444 bits per heavy atom. The fourth-order valence-electron chi connectivity index (χ4n) is 0. The van der Waals surface area contributed by atoms with E-state index in [0.29, 0.717) is 0 Å². The van der Waals surface area contributed by atoms with Crippen LogP contribution in [0.15, 0.2) is 0 Å². The van der Waals surface area contributed by atoms with E-state index in [2.05, 4.69) is 0 Å². The normalized spacial score (nSPS) is 0. The molecule has 0 aliphatic heterocycles. The van der Waals surface area contributed by atoms with Crippen molar-refractivity contribution in [2.75, 3.05) is 0 Å². The minimum atomic E-state index is 0. The van der Waals surface area contributed by atoms with E-state index in [1.165, 1.54) is 0 Å². The summed E-state index contributed by atoms with van der Waals surface area (Å²) in [6.07, 6.45) is 0. The van der Waals surface area contributed by atoms with E-state index in [1.54, 1.807) is 0 Å². The Bertz CT molecular complexity index is 17.8. The Morgan fingerprint density at radius 3 is 0.444 bits per heavy atom. The molecule has 0 atom stereocenters. The monoisotopic (exact) mass is 324 g/mol. The summed E-state index contributed by atoms with van der Waals surface area (Å²) < 4.78 is 0. The molecular formula is Fe2O3P2V2. The zero-order valence-electron chi connectivity index (χ0n) is 3.72. The average molecular weight is 324 g/mol. The summed E-state index contributed by atoms with van der Waals surface area (Å²) >= 11 is 0. The van der Waals surface area contributed by atoms with Gasteiger partial charge in [-0.1, -0.05) is 0 Å². The molecule has 3 nitrogen and oxygen atoms in total. The molecule has 0 unspecified atom stereocenters. The first-order chi connectivity index (χ1) is 0. The van der Waals surface area contributed by atoms with Crippen LogP contribution in [0.4, 0.5) is 0 Å². The van der Waals surface area contributed by atoms with Gasteiger partial charge in [0, 0.05) is 56.9 Å². The number of rotatable bonds is 0. The second-order valence-corrected chi connectivity index (χ2v) is 0. The number of hydrogen-bond donors (Lipinski definition) is 0. The van der Waals surface area contributed by atoms with Crippen molar-refractivity contribution < 1.29 is 87.7 Å². The van der Waals surface area contributed by atoms with Gasteiger partial charge in [0.2, 0.25) is 0 Å². The third-order valence-corrected chi connectivity index (χ3v) is 0. The molecule has 0 spiro atoms. The summed E-state index contributed by atoms with van der Waals surface area (Å²) in [5.41, 5.74) is 0. The molecule has 0 aromatic carbocycles. The largest absolute Gasteiger partial charge is 3.00 e. The van der Waals surface area contributed by atoms with Crippen LogP contribution < -0.4 is 0 Å². The molecule has 0 aromatic heterocycles. The average Bonchev–Trinajstić information content (AvgIpc) is 0. The first-order valence-corrected chi connectivity index (χ1v) is 0. The summed E-state index contributed by atoms with van der Waals surface area (Å²) in [5.74, 6) is 0. The molecule has 54 valence electrons. The molecule has 0 saturated carbocycles. The van der Waals surface area contributed by atoms with E-state index in [4.69, 9.17) is 0 Å². The molecular weight excluding hydrogens is 324 g/mol. The van der Waals surface area contributed by atoms with Gasteiger partial charge in [0.25, 0.3) is 0 Å². The maximum atomic E-state index is 0. The molecule has 0 amide bonds. The van der Waals surface area contributed by atoms with Gasteiger partial charge in [0.15, 0.2) is 0 Å². The SMILES string of the molecule is [Fe+3].[Fe+3].[O-2].[O-2].[O-2].[P].[P].[V].[V].